The normalized spacial score (nSPS) is 21.5. The van der Waals surface area contributed by atoms with Gasteiger partial charge in [0.2, 0.25) is 0 Å². The molecular formula is C24H24Cl2F2N4O4S. The summed E-state index contributed by atoms with van der Waals surface area (Å²) in [6.07, 6.45) is 0.931. The third-order valence-electron chi connectivity index (χ3n) is 6.05. The van der Waals surface area contributed by atoms with Gasteiger partial charge in [0, 0.05) is 58.3 Å². The van der Waals surface area contributed by atoms with Crippen molar-refractivity contribution >= 4 is 52.3 Å². The standard InChI is InChI=1S/C24H24Cl2F2N4O4S/c1-2-36-23(35)19-17(11-32-12-24(27,28)10-14(32)4-6-18(33)34)30-21(22-29-7-8-37-22)31-20(19)15-5-3-13(25)9-16(15)26/h3,5,7-9,14,20H,2,4,6,10-12H2,1H3,(H,30,31)(H,33,34). The molecule has 4 rings (SSSR count). The minimum Gasteiger partial charge on any atom is -0.481 e. The van der Waals surface area contributed by atoms with Crippen molar-refractivity contribution in [2.24, 2.45) is 4.99 Å². The largest absolute Gasteiger partial charge is 0.481 e. The molecule has 198 valence electrons. The second kappa shape index (κ2) is 11.4. The number of likely N-dealkylation sites (tertiary alicyclic amines) is 1. The Morgan fingerprint density at radius 3 is 2.78 bits per heavy atom. The van der Waals surface area contributed by atoms with Crippen LogP contribution >= 0.6 is 34.5 Å². The SMILES string of the molecule is CCOC(=O)C1=C(CN2CC(F)(F)CC2CCC(=O)O)NC(c2nccs2)=NC1c1ccc(Cl)cc1Cl. The lowest BCUT2D eigenvalue weighted by Crippen LogP contribution is -2.41. The molecule has 8 nitrogen and oxygen atoms in total. The maximum absolute atomic E-state index is 14.5. The molecule has 2 aromatic rings. The number of hydrogen-bond acceptors (Lipinski definition) is 8. The van der Waals surface area contributed by atoms with Gasteiger partial charge in [0.15, 0.2) is 10.8 Å². The van der Waals surface area contributed by atoms with Crippen LogP contribution in [0.5, 0.6) is 0 Å². The fourth-order valence-electron chi connectivity index (χ4n) is 4.49. The number of aliphatic imine (C=N–C) groups is 1. The highest BCUT2D eigenvalue weighted by Gasteiger charge is 2.46. The highest BCUT2D eigenvalue weighted by molar-refractivity contribution is 7.11. The van der Waals surface area contributed by atoms with Gasteiger partial charge in [-0.15, -0.1) is 11.3 Å². The smallest absolute Gasteiger partial charge is 0.338 e. The molecule has 1 aromatic heterocycles. The number of nitrogens with one attached hydrogen (secondary N) is 1. The highest BCUT2D eigenvalue weighted by Crippen LogP contribution is 2.39. The average Bonchev–Trinajstić information content (AvgIpc) is 3.45. The van der Waals surface area contributed by atoms with Crippen LogP contribution in [0.4, 0.5) is 8.78 Å². The first-order valence-electron chi connectivity index (χ1n) is 11.5. The van der Waals surface area contributed by atoms with Crippen LogP contribution in [0, 0.1) is 0 Å². The molecule has 1 saturated heterocycles. The molecule has 0 aliphatic carbocycles. The number of aromatic nitrogens is 1. The van der Waals surface area contributed by atoms with Gasteiger partial charge < -0.3 is 15.2 Å². The van der Waals surface area contributed by atoms with Gasteiger partial charge in [0.25, 0.3) is 5.92 Å². The number of carboxylic acids is 1. The predicted molar refractivity (Wildman–Crippen MR) is 136 cm³/mol. The van der Waals surface area contributed by atoms with E-state index < -0.39 is 42.9 Å². The Bertz CT molecular complexity index is 1240. The van der Waals surface area contributed by atoms with E-state index in [-0.39, 0.29) is 36.6 Å². The molecule has 0 saturated carbocycles. The van der Waals surface area contributed by atoms with Crippen LogP contribution in [-0.2, 0) is 14.3 Å². The number of thiazole rings is 1. The summed E-state index contributed by atoms with van der Waals surface area (Å²) >= 11 is 13.9. The maximum atomic E-state index is 14.5. The summed E-state index contributed by atoms with van der Waals surface area (Å²) in [4.78, 5) is 34.9. The maximum Gasteiger partial charge on any atom is 0.338 e. The van der Waals surface area contributed by atoms with Gasteiger partial charge in [0.1, 0.15) is 6.04 Å². The number of halogens is 4. The van der Waals surface area contributed by atoms with Gasteiger partial charge in [0.05, 0.1) is 18.7 Å². The summed E-state index contributed by atoms with van der Waals surface area (Å²) in [5.41, 5.74) is 0.919. The number of aliphatic carboxylic acids is 1. The molecule has 2 N–H and O–H groups in total. The number of ether oxygens (including phenoxy) is 1. The Morgan fingerprint density at radius 1 is 1.35 bits per heavy atom. The molecule has 0 spiro atoms. The summed E-state index contributed by atoms with van der Waals surface area (Å²) in [5.74, 6) is -4.38. The van der Waals surface area contributed by atoms with Crippen LogP contribution < -0.4 is 5.32 Å². The van der Waals surface area contributed by atoms with Crippen LogP contribution in [-0.4, -0.2) is 64.4 Å². The molecule has 37 heavy (non-hydrogen) atoms. The number of esters is 1. The van der Waals surface area contributed by atoms with Crippen molar-refractivity contribution in [2.75, 3.05) is 19.7 Å². The number of amidine groups is 1. The summed E-state index contributed by atoms with van der Waals surface area (Å²) in [6, 6.07) is 3.20. The van der Waals surface area contributed by atoms with E-state index in [9.17, 15) is 18.4 Å². The van der Waals surface area contributed by atoms with Gasteiger partial charge in [-0.2, -0.15) is 0 Å². The molecule has 2 unspecified atom stereocenters. The Balaban J connectivity index is 1.80. The first-order chi connectivity index (χ1) is 17.6. The van der Waals surface area contributed by atoms with Crippen LogP contribution in [0.2, 0.25) is 10.0 Å². The molecule has 0 amide bonds. The molecule has 2 aliphatic rings. The molecule has 1 aromatic carbocycles. The third-order valence-corrected chi connectivity index (χ3v) is 7.39. The molecule has 2 aliphatic heterocycles. The minimum absolute atomic E-state index is 0.0484. The van der Waals surface area contributed by atoms with E-state index in [4.69, 9.17) is 38.0 Å². The van der Waals surface area contributed by atoms with E-state index in [1.807, 2.05) is 0 Å². The Morgan fingerprint density at radius 2 is 2.14 bits per heavy atom. The molecule has 1 fully saturated rings. The first-order valence-corrected chi connectivity index (χ1v) is 13.1. The molecule has 0 radical (unpaired) electrons. The number of carbonyl (C=O) groups excluding carboxylic acids is 1. The highest BCUT2D eigenvalue weighted by atomic mass is 35.5. The zero-order valence-electron chi connectivity index (χ0n) is 19.7. The van der Waals surface area contributed by atoms with Crippen LogP contribution in [0.3, 0.4) is 0 Å². The van der Waals surface area contributed by atoms with E-state index in [1.165, 1.54) is 22.3 Å². The van der Waals surface area contributed by atoms with E-state index in [1.54, 1.807) is 30.6 Å². The average molecular weight is 573 g/mol. The monoisotopic (exact) mass is 572 g/mol. The Hall–Kier alpha value is -2.60. The van der Waals surface area contributed by atoms with Gasteiger partial charge in [-0.1, -0.05) is 29.3 Å². The van der Waals surface area contributed by atoms with Crippen LogP contribution in [0.1, 0.15) is 42.8 Å². The van der Waals surface area contributed by atoms with E-state index in [2.05, 4.69) is 10.3 Å². The summed E-state index contributed by atoms with van der Waals surface area (Å²) in [7, 11) is 0. The number of carboxylic acid groups (broad SMARTS) is 1. The van der Waals surface area contributed by atoms with Gasteiger partial charge in [-0.05, 0) is 25.5 Å². The lowest BCUT2D eigenvalue weighted by atomic mass is 9.95. The Kier molecular flexibility index (Phi) is 8.47. The van der Waals surface area contributed by atoms with Crippen LogP contribution in [0.25, 0.3) is 0 Å². The summed E-state index contributed by atoms with van der Waals surface area (Å²) in [6.45, 7) is 1.09. The lowest BCUT2D eigenvalue weighted by molar-refractivity contribution is -0.139. The molecule has 0 bridgehead atoms. The van der Waals surface area contributed by atoms with Gasteiger partial charge in [-0.3, -0.25) is 14.7 Å². The third kappa shape index (κ3) is 6.46. The van der Waals surface area contributed by atoms with E-state index >= 15 is 0 Å². The van der Waals surface area contributed by atoms with Crippen molar-refractivity contribution < 1.29 is 28.2 Å². The van der Waals surface area contributed by atoms with Crippen molar-refractivity contribution in [1.29, 1.82) is 0 Å². The van der Waals surface area contributed by atoms with Gasteiger partial charge in [-0.25, -0.2) is 18.6 Å². The van der Waals surface area contributed by atoms with Crippen molar-refractivity contribution in [3.05, 3.63) is 61.7 Å². The number of benzene rings is 1. The Labute approximate surface area is 225 Å². The number of nitrogens with zero attached hydrogens (tertiary/aromatic N) is 3. The molecule has 2 atom stereocenters. The van der Waals surface area contributed by atoms with E-state index in [0.29, 0.717) is 27.1 Å². The topological polar surface area (TPSA) is 104 Å². The summed E-state index contributed by atoms with van der Waals surface area (Å²) < 4.78 is 34.2. The molecule has 3 heterocycles. The fraction of sp³-hybridized carbons (Fsp3) is 0.417. The molecule has 13 heteroatoms. The van der Waals surface area contributed by atoms with E-state index in [0.717, 1.165) is 0 Å². The second-order valence-electron chi connectivity index (χ2n) is 8.67. The fourth-order valence-corrected chi connectivity index (χ4v) is 5.59. The predicted octanol–water partition coefficient (Wildman–Crippen LogP) is 4.93. The zero-order valence-corrected chi connectivity index (χ0v) is 22.0. The summed E-state index contributed by atoms with van der Waals surface area (Å²) in [5, 5.41) is 15.2. The second-order valence-corrected chi connectivity index (χ2v) is 10.4. The quantitative estimate of drug-likeness (QED) is 0.410. The number of alkyl halides is 2. The number of hydrogen-bond donors (Lipinski definition) is 2. The van der Waals surface area contributed by atoms with Gasteiger partial charge >= 0.3 is 11.9 Å². The molecular weight excluding hydrogens is 549 g/mol. The van der Waals surface area contributed by atoms with Crippen molar-refractivity contribution in [1.82, 2.24) is 15.2 Å². The minimum atomic E-state index is -2.99. The van der Waals surface area contributed by atoms with Crippen molar-refractivity contribution in [2.45, 2.75) is 44.2 Å². The lowest BCUT2D eigenvalue weighted by Gasteiger charge is -2.31. The van der Waals surface area contributed by atoms with Crippen molar-refractivity contribution in [3.8, 4) is 0 Å². The number of rotatable bonds is 9. The first kappa shape index (κ1) is 27.4. The van der Waals surface area contributed by atoms with Crippen molar-refractivity contribution in [3.63, 3.8) is 0 Å². The number of carbonyl (C=O) groups is 2. The van der Waals surface area contributed by atoms with Crippen LogP contribution in [0.15, 0.2) is 46.0 Å². The zero-order chi connectivity index (χ0) is 26.7.